The van der Waals surface area contributed by atoms with Gasteiger partial charge in [-0.1, -0.05) is 64.1 Å². The van der Waals surface area contributed by atoms with Crippen molar-refractivity contribution >= 4 is 86.4 Å². The molecule has 0 saturated heterocycles. The number of benzene rings is 2. The number of carbonyl (C=O) groups is 6. The number of halogens is 2. The smallest absolute Gasteiger partial charge is 0.419 e. The number of likely N-dealkylation sites (N-methyl/N-ethyl adjacent to an activating group) is 1. The highest BCUT2D eigenvalue weighted by molar-refractivity contribution is 9.12. The molecule has 0 fully saturated rings. The zero-order chi connectivity index (χ0) is 52.3. The van der Waals surface area contributed by atoms with Crippen molar-refractivity contribution in [2.45, 2.75) is 147 Å². The summed E-state index contributed by atoms with van der Waals surface area (Å²) in [5.41, 5.74) is 0.567. The number of alkyl carbamates (subject to hydrolysis) is 2. The lowest BCUT2D eigenvalue weighted by Crippen LogP contribution is -2.57. The monoisotopic (exact) mass is 1080 g/mol. The summed E-state index contributed by atoms with van der Waals surface area (Å²) in [5.74, 6) is -1.49. The van der Waals surface area contributed by atoms with E-state index in [4.69, 9.17) is 26.0 Å². The van der Waals surface area contributed by atoms with E-state index in [2.05, 4.69) is 42.5 Å². The predicted molar refractivity (Wildman–Crippen MR) is 280 cm³/mol. The first-order valence-electron chi connectivity index (χ1n) is 23.9. The number of hydrogen-bond donors (Lipinski definition) is 5. The van der Waals surface area contributed by atoms with Crippen molar-refractivity contribution in [3.8, 4) is 0 Å². The summed E-state index contributed by atoms with van der Waals surface area (Å²) in [6.07, 6.45) is 3.41. The van der Waals surface area contributed by atoms with Gasteiger partial charge in [0.1, 0.15) is 28.9 Å². The third kappa shape index (κ3) is 17.2. The van der Waals surface area contributed by atoms with Gasteiger partial charge in [0.15, 0.2) is 0 Å². The summed E-state index contributed by atoms with van der Waals surface area (Å²) in [6.45, 7) is 17.1. The van der Waals surface area contributed by atoms with Gasteiger partial charge >= 0.3 is 18.3 Å². The Labute approximate surface area is 435 Å². The molecule has 17 nitrogen and oxygen atoms in total. The van der Waals surface area contributed by atoms with Gasteiger partial charge in [0.25, 0.3) is 0 Å². The standard InChI is InChI=1S/C51H70BrClN8O9S/c1-49(2,3)68-46(65)54-25-16-15-20-38-44(64)59(10)40(28-33-31-60(48(67)70-51(7,8)9)39-22-13-12-19-34(33)39)43(63)57-30-35-36(52)24-27-61(53)45(35)71-41-23-14-11-18-32(41)29-56-37(42(62)58-38)21-17-26-55-47(66)69-50(4,5)6/h11-14,18-19,22-24,31,37-38,40,56H,15-17,20-21,25-30H2,1-10H3,(H,54,65)(H,55,66)(H,57,63)(H,58,62)/t37-,38-,40-/m0/s1. The van der Waals surface area contributed by atoms with Crippen LogP contribution in [0.1, 0.15) is 106 Å². The van der Waals surface area contributed by atoms with Crippen molar-refractivity contribution in [2.24, 2.45) is 0 Å². The van der Waals surface area contributed by atoms with Crippen LogP contribution in [0, 0.1) is 0 Å². The first kappa shape index (κ1) is 56.7. The van der Waals surface area contributed by atoms with E-state index in [-0.39, 0.29) is 45.4 Å². The lowest BCUT2D eigenvalue weighted by atomic mass is 10.0. The van der Waals surface area contributed by atoms with Crippen LogP contribution < -0.4 is 26.6 Å². The summed E-state index contributed by atoms with van der Waals surface area (Å²) in [5, 5.41) is 16.4. The number of fused-ring (bicyclic) bond motifs is 2. The van der Waals surface area contributed by atoms with E-state index >= 15 is 4.79 Å². The average Bonchev–Trinajstić information content (AvgIpc) is 3.64. The Morgan fingerprint density at radius 1 is 0.789 bits per heavy atom. The third-order valence-electron chi connectivity index (χ3n) is 11.1. The number of ether oxygens (including phenoxy) is 3. The Hall–Kier alpha value is -5.24. The van der Waals surface area contributed by atoms with Crippen LogP contribution in [0.4, 0.5) is 14.4 Å². The van der Waals surface area contributed by atoms with E-state index in [9.17, 15) is 24.0 Å². The Kier molecular flexibility index (Phi) is 19.9. The van der Waals surface area contributed by atoms with Crippen molar-refractivity contribution < 1.29 is 43.0 Å². The number of amides is 5. The van der Waals surface area contributed by atoms with E-state index in [1.54, 1.807) is 85.1 Å². The summed E-state index contributed by atoms with van der Waals surface area (Å²) in [4.78, 5) is 85.5. The summed E-state index contributed by atoms with van der Waals surface area (Å²) < 4.78 is 20.3. The molecule has 0 bridgehead atoms. The maximum absolute atomic E-state index is 15.1. The van der Waals surface area contributed by atoms with Crippen LogP contribution in [0.15, 0.2) is 80.8 Å². The van der Waals surface area contributed by atoms with E-state index in [0.717, 1.165) is 14.9 Å². The molecule has 5 N–H and O–H groups in total. The molecule has 388 valence electrons. The molecule has 2 aromatic carbocycles. The van der Waals surface area contributed by atoms with Gasteiger partial charge in [-0.15, -0.1) is 0 Å². The summed E-state index contributed by atoms with van der Waals surface area (Å²) in [7, 11) is 1.53. The number of carbonyl (C=O) groups excluding carboxylic acids is 6. The van der Waals surface area contributed by atoms with Crippen LogP contribution in [0.2, 0.25) is 0 Å². The fraction of sp³-hybridized carbons (Fsp3) is 0.529. The van der Waals surface area contributed by atoms with E-state index < -0.39 is 70.9 Å². The van der Waals surface area contributed by atoms with Gasteiger partial charge in [0.05, 0.1) is 23.1 Å². The SMILES string of the molecule is CN1C(=O)[C@H](CCCCNC(=O)OC(C)(C)C)NC(=O)[C@H](CCCNC(=O)OC(C)(C)C)NCc2ccccc2SC2=C(CNC(=O)[C@@H]1Cc1cn(C(=O)OC(C)(C)C)c3ccccc13)C(Br)=CCN2Cl. The number of unbranched alkanes of at least 4 members (excludes halogenated alkanes) is 1. The lowest BCUT2D eigenvalue weighted by molar-refractivity contribution is -0.142. The van der Waals surface area contributed by atoms with Crippen LogP contribution >= 0.6 is 39.5 Å². The van der Waals surface area contributed by atoms with Crippen LogP contribution in [0.25, 0.3) is 10.9 Å². The van der Waals surface area contributed by atoms with Gasteiger partial charge in [0, 0.05) is 78.0 Å². The molecular weight excluding hydrogens is 1020 g/mol. The first-order valence-corrected chi connectivity index (χ1v) is 25.9. The molecule has 2 aliphatic rings. The van der Waals surface area contributed by atoms with Crippen molar-refractivity contribution in [1.29, 1.82) is 0 Å². The molecule has 5 amide bonds. The van der Waals surface area contributed by atoms with Gasteiger partial charge in [-0.2, -0.15) is 0 Å². The molecule has 71 heavy (non-hydrogen) atoms. The van der Waals surface area contributed by atoms with E-state index in [0.29, 0.717) is 52.9 Å². The van der Waals surface area contributed by atoms with Crippen LogP contribution in [0.3, 0.4) is 0 Å². The fourth-order valence-electron chi connectivity index (χ4n) is 7.80. The Balaban J connectivity index is 1.56. The molecule has 0 radical (unpaired) electrons. The first-order chi connectivity index (χ1) is 33.3. The lowest BCUT2D eigenvalue weighted by Gasteiger charge is -2.32. The molecule has 2 aliphatic heterocycles. The number of thioether (sulfide) groups is 1. The maximum Gasteiger partial charge on any atom is 0.419 e. The number of para-hydroxylation sites is 1. The van der Waals surface area contributed by atoms with Crippen LogP contribution in [-0.2, 0) is 41.6 Å². The second-order valence-electron chi connectivity index (χ2n) is 20.5. The zero-order valence-electron chi connectivity index (χ0n) is 42.5. The second-order valence-corrected chi connectivity index (χ2v) is 22.8. The quantitative estimate of drug-likeness (QED) is 0.0697. The number of hydrogen-bond acceptors (Lipinski definition) is 12. The number of nitrogens with one attached hydrogen (secondary N) is 5. The molecular formula is C51H70BrClN8O9S. The Bertz CT molecular complexity index is 2480. The minimum absolute atomic E-state index is 0.0215. The van der Waals surface area contributed by atoms with Gasteiger partial charge < -0.3 is 45.7 Å². The van der Waals surface area contributed by atoms with Gasteiger partial charge in [-0.05, 0) is 124 Å². The molecule has 1 aromatic heterocycles. The van der Waals surface area contributed by atoms with Gasteiger partial charge in [-0.25, -0.2) is 14.4 Å². The Morgan fingerprint density at radius 2 is 1.39 bits per heavy atom. The molecule has 0 unspecified atom stereocenters. The fourth-order valence-corrected chi connectivity index (χ4v) is 9.78. The Morgan fingerprint density at radius 3 is 2.06 bits per heavy atom. The molecule has 5 rings (SSSR count). The number of nitrogens with zero attached hydrogens (tertiary/aromatic N) is 3. The topological polar surface area (TPSA) is 202 Å². The highest BCUT2D eigenvalue weighted by atomic mass is 79.9. The van der Waals surface area contributed by atoms with E-state index in [1.807, 2.05) is 42.5 Å². The van der Waals surface area contributed by atoms with Crippen LogP contribution in [0.5, 0.6) is 0 Å². The number of rotatable bonds is 11. The van der Waals surface area contributed by atoms with Gasteiger partial charge in [-0.3, -0.25) is 23.4 Å². The minimum Gasteiger partial charge on any atom is -0.444 e. The highest BCUT2D eigenvalue weighted by Crippen LogP contribution is 2.40. The average molecular weight is 1090 g/mol. The molecule has 20 heteroatoms. The maximum atomic E-state index is 15.1. The van der Waals surface area contributed by atoms with Crippen molar-refractivity contribution in [2.75, 3.05) is 33.2 Å². The zero-order valence-corrected chi connectivity index (χ0v) is 45.6. The van der Waals surface area contributed by atoms with Crippen molar-refractivity contribution in [3.63, 3.8) is 0 Å². The second kappa shape index (κ2) is 24.9. The summed E-state index contributed by atoms with van der Waals surface area (Å²) >= 11 is 12.1. The highest BCUT2D eigenvalue weighted by Gasteiger charge is 2.35. The normalized spacial score (nSPS) is 18.9. The molecule has 3 heterocycles. The number of aromatic nitrogens is 1. The largest absolute Gasteiger partial charge is 0.444 e. The van der Waals surface area contributed by atoms with Crippen molar-refractivity contribution in [1.82, 2.24) is 40.5 Å². The van der Waals surface area contributed by atoms with Gasteiger partial charge in [0.2, 0.25) is 17.7 Å². The van der Waals surface area contributed by atoms with E-state index in [1.165, 1.54) is 28.3 Å². The minimum atomic E-state index is -1.16. The summed E-state index contributed by atoms with van der Waals surface area (Å²) in [6, 6.07) is 11.9. The predicted octanol–water partition coefficient (Wildman–Crippen LogP) is 8.62. The van der Waals surface area contributed by atoms with Crippen LogP contribution in [-0.4, -0.2) is 118 Å². The molecule has 3 aromatic rings. The molecule has 0 saturated carbocycles. The van der Waals surface area contributed by atoms with Crippen molar-refractivity contribution in [3.05, 3.63) is 87.0 Å². The third-order valence-corrected chi connectivity index (χ3v) is 13.6. The molecule has 3 atom stereocenters. The molecule has 0 aliphatic carbocycles. The molecule has 0 spiro atoms.